The number of fused-ring (bicyclic) bond motifs is 1. The second kappa shape index (κ2) is 7.45. The van der Waals surface area contributed by atoms with Crippen LogP contribution in [0.25, 0.3) is 5.65 Å². The monoisotopic (exact) mass is 412 g/mol. The number of nitrogens with zero attached hydrogens (tertiary/aromatic N) is 2. The summed E-state index contributed by atoms with van der Waals surface area (Å²) in [5.74, 6) is -0.387. The molecule has 0 unspecified atom stereocenters. The predicted octanol–water partition coefficient (Wildman–Crippen LogP) is 3.13. The van der Waals surface area contributed by atoms with Crippen molar-refractivity contribution in [1.82, 2.24) is 14.7 Å². The highest BCUT2D eigenvalue weighted by Crippen LogP contribution is 2.23. The highest BCUT2D eigenvalue weighted by Gasteiger charge is 2.19. The van der Waals surface area contributed by atoms with E-state index in [4.69, 9.17) is 0 Å². The molecule has 4 rings (SSSR count). The standard InChI is InChI=1S/C19H16N4O3S2/c24-19(20-12-14-13-23-10-4-3-8-17(23)21-14)15-6-1-2-7-16(15)22-28(25,26)18-9-5-11-27-18/h1-11,13,22H,12H2,(H,20,24). The van der Waals surface area contributed by atoms with Crippen LogP contribution in [0.15, 0.2) is 76.6 Å². The summed E-state index contributed by atoms with van der Waals surface area (Å²) in [4.78, 5) is 17.1. The third kappa shape index (κ3) is 3.75. The Labute approximate surface area is 165 Å². The number of anilines is 1. The first-order valence-corrected chi connectivity index (χ1v) is 10.8. The molecule has 1 aromatic carbocycles. The Balaban J connectivity index is 1.51. The van der Waals surface area contributed by atoms with Crippen LogP contribution in [0.2, 0.25) is 0 Å². The number of benzene rings is 1. The molecule has 7 nitrogen and oxygen atoms in total. The van der Waals surface area contributed by atoms with Crippen molar-refractivity contribution in [3.63, 3.8) is 0 Å². The van der Waals surface area contributed by atoms with Crippen LogP contribution in [0.3, 0.4) is 0 Å². The normalized spacial score (nSPS) is 11.4. The molecule has 2 N–H and O–H groups in total. The maximum absolute atomic E-state index is 12.6. The smallest absolute Gasteiger partial charge is 0.271 e. The minimum absolute atomic E-state index is 0.187. The van der Waals surface area contributed by atoms with Gasteiger partial charge in [-0.25, -0.2) is 13.4 Å². The van der Waals surface area contributed by atoms with Crippen LogP contribution in [-0.4, -0.2) is 23.7 Å². The molecule has 0 saturated carbocycles. The first-order valence-electron chi connectivity index (χ1n) is 8.39. The van der Waals surface area contributed by atoms with E-state index in [1.807, 2.05) is 35.0 Å². The molecule has 0 aliphatic carbocycles. The average Bonchev–Trinajstić information content (AvgIpc) is 3.36. The zero-order valence-corrected chi connectivity index (χ0v) is 16.2. The molecular weight excluding hydrogens is 396 g/mol. The number of aromatic nitrogens is 2. The summed E-state index contributed by atoms with van der Waals surface area (Å²) in [5.41, 5.74) is 1.96. The van der Waals surface area contributed by atoms with E-state index in [2.05, 4.69) is 15.0 Å². The van der Waals surface area contributed by atoms with Gasteiger partial charge in [0.1, 0.15) is 9.86 Å². The number of rotatable bonds is 6. The van der Waals surface area contributed by atoms with Gasteiger partial charge in [0, 0.05) is 12.4 Å². The maximum Gasteiger partial charge on any atom is 0.271 e. The second-order valence-corrected chi connectivity index (χ2v) is 8.82. The van der Waals surface area contributed by atoms with Crippen LogP contribution in [0.4, 0.5) is 5.69 Å². The van der Waals surface area contributed by atoms with Crippen molar-refractivity contribution in [2.75, 3.05) is 4.72 Å². The summed E-state index contributed by atoms with van der Waals surface area (Å²) >= 11 is 1.11. The Hall–Kier alpha value is -3.17. The molecule has 3 heterocycles. The molecule has 3 aromatic heterocycles. The number of hydrogen-bond donors (Lipinski definition) is 2. The van der Waals surface area contributed by atoms with Crippen LogP contribution in [0, 0.1) is 0 Å². The minimum atomic E-state index is -3.74. The van der Waals surface area contributed by atoms with Crippen molar-refractivity contribution < 1.29 is 13.2 Å². The highest BCUT2D eigenvalue weighted by molar-refractivity contribution is 7.94. The third-order valence-corrected chi connectivity index (χ3v) is 6.78. The van der Waals surface area contributed by atoms with Gasteiger partial charge in [0.25, 0.3) is 15.9 Å². The van der Waals surface area contributed by atoms with Crippen molar-refractivity contribution in [1.29, 1.82) is 0 Å². The Morgan fingerprint density at radius 1 is 1.07 bits per heavy atom. The molecular formula is C19H16N4O3S2. The van der Waals surface area contributed by atoms with E-state index in [9.17, 15) is 13.2 Å². The summed E-state index contributed by atoms with van der Waals surface area (Å²) in [6.07, 6.45) is 3.71. The van der Waals surface area contributed by atoms with Gasteiger partial charge in [-0.2, -0.15) is 0 Å². The number of imidazole rings is 1. The Morgan fingerprint density at radius 3 is 2.68 bits per heavy atom. The number of thiophene rings is 1. The number of para-hydroxylation sites is 1. The summed E-state index contributed by atoms with van der Waals surface area (Å²) in [6.45, 7) is 0.229. The Morgan fingerprint density at radius 2 is 1.89 bits per heavy atom. The van der Waals surface area contributed by atoms with Gasteiger partial charge >= 0.3 is 0 Å². The summed E-state index contributed by atoms with van der Waals surface area (Å²) in [6, 6.07) is 15.3. The van der Waals surface area contributed by atoms with Crippen molar-refractivity contribution in [3.8, 4) is 0 Å². The van der Waals surface area contributed by atoms with Crippen LogP contribution in [0.1, 0.15) is 16.1 Å². The second-order valence-electron chi connectivity index (χ2n) is 5.96. The summed E-state index contributed by atoms with van der Waals surface area (Å²) < 4.78 is 29.5. The lowest BCUT2D eigenvalue weighted by atomic mass is 10.1. The maximum atomic E-state index is 12.6. The van der Waals surface area contributed by atoms with Crippen LogP contribution >= 0.6 is 11.3 Å². The number of carbonyl (C=O) groups is 1. The molecule has 0 bridgehead atoms. The molecule has 0 radical (unpaired) electrons. The largest absolute Gasteiger partial charge is 0.346 e. The average molecular weight is 412 g/mol. The van der Waals surface area contributed by atoms with Gasteiger partial charge < -0.3 is 9.72 Å². The fraction of sp³-hybridized carbons (Fsp3) is 0.0526. The number of hydrogen-bond acceptors (Lipinski definition) is 5. The van der Waals surface area contributed by atoms with Gasteiger partial charge in [-0.15, -0.1) is 11.3 Å². The molecule has 1 amide bonds. The highest BCUT2D eigenvalue weighted by atomic mass is 32.2. The van der Waals surface area contributed by atoms with E-state index >= 15 is 0 Å². The van der Waals surface area contributed by atoms with E-state index in [0.29, 0.717) is 5.69 Å². The van der Waals surface area contributed by atoms with E-state index in [1.54, 1.807) is 35.7 Å². The van der Waals surface area contributed by atoms with Crippen molar-refractivity contribution in [2.24, 2.45) is 0 Å². The third-order valence-electron chi connectivity index (χ3n) is 4.02. The number of nitrogens with one attached hydrogen (secondary N) is 2. The zero-order valence-electron chi connectivity index (χ0n) is 14.6. The summed E-state index contributed by atoms with van der Waals surface area (Å²) in [5, 5.41) is 4.47. The molecule has 0 aliphatic rings. The van der Waals surface area contributed by atoms with E-state index < -0.39 is 10.0 Å². The quantitative estimate of drug-likeness (QED) is 0.509. The van der Waals surface area contributed by atoms with Gasteiger partial charge in [-0.3, -0.25) is 9.52 Å². The van der Waals surface area contributed by atoms with Crippen molar-refractivity contribution in [3.05, 3.63) is 83.6 Å². The van der Waals surface area contributed by atoms with Crippen molar-refractivity contribution >= 4 is 38.6 Å². The van der Waals surface area contributed by atoms with Gasteiger partial charge in [0.15, 0.2) is 0 Å². The zero-order chi connectivity index (χ0) is 19.6. The molecule has 0 atom stereocenters. The van der Waals surface area contributed by atoms with E-state index in [0.717, 1.165) is 17.0 Å². The molecule has 142 valence electrons. The SMILES string of the molecule is O=C(NCc1cn2ccccc2n1)c1ccccc1NS(=O)(=O)c1cccs1. The molecule has 0 fully saturated rings. The van der Waals surface area contributed by atoms with Crippen LogP contribution < -0.4 is 10.0 Å². The first kappa shape index (κ1) is 18.2. The summed E-state index contributed by atoms with van der Waals surface area (Å²) in [7, 11) is -3.74. The molecule has 28 heavy (non-hydrogen) atoms. The van der Waals surface area contributed by atoms with Crippen LogP contribution in [-0.2, 0) is 16.6 Å². The lowest BCUT2D eigenvalue weighted by Crippen LogP contribution is -2.25. The van der Waals surface area contributed by atoms with Gasteiger partial charge in [-0.05, 0) is 35.7 Å². The van der Waals surface area contributed by atoms with Gasteiger partial charge in [-0.1, -0.05) is 24.3 Å². The fourth-order valence-corrected chi connectivity index (χ4v) is 4.79. The lowest BCUT2D eigenvalue weighted by Gasteiger charge is -2.11. The number of carbonyl (C=O) groups excluding carboxylic acids is 1. The first-order chi connectivity index (χ1) is 13.5. The molecule has 0 spiro atoms. The van der Waals surface area contributed by atoms with E-state index in [-0.39, 0.29) is 27.9 Å². The van der Waals surface area contributed by atoms with Gasteiger partial charge in [0.2, 0.25) is 0 Å². The molecule has 0 saturated heterocycles. The lowest BCUT2D eigenvalue weighted by molar-refractivity contribution is 0.0951. The molecule has 9 heteroatoms. The minimum Gasteiger partial charge on any atom is -0.346 e. The number of pyridine rings is 1. The molecule has 0 aliphatic heterocycles. The number of sulfonamides is 1. The Bertz CT molecular complexity index is 1200. The molecule has 4 aromatic rings. The van der Waals surface area contributed by atoms with Crippen LogP contribution in [0.5, 0.6) is 0 Å². The topological polar surface area (TPSA) is 92.6 Å². The Kier molecular flexibility index (Phi) is 4.84. The fourth-order valence-electron chi connectivity index (χ4n) is 2.72. The van der Waals surface area contributed by atoms with Crippen molar-refractivity contribution in [2.45, 2.75) is 10.8 Å². The number of amides is 1. The van der Waals surface area contributed by atoms with Gasteiger partial charge in [0.05, 0.1) is 23.5 Å². The predicted molar refractivity (Wildman–Crippen MR) is 108 cm³/mol. The van der Waals surface area contributed by atoms with E-state index in [1.165, 1.54) is 6.07 Å².